The van der Waals surface area contributed by atoms with Crippen LogP contribution in [-0.4, -0.2) is 37.6 Å². The molecule has 3 heterocycles. The maximum atomic E-state index is 9.95. The van der Waals surface area contributed by atoms with Gasteiger partial charge in [0.05, 0.1) is 12.6 Å². The fourth-order valence-electron chi connectivity index (χ4n) is 3.72. The van der Waals surface area contributed by atoms with Gasteiger partial charge in [-0.15, -0.1) is 15.3 Å². The Morgan fingerprint density at radius 2 is 1.67 bits per heavy atom. The summed E-state index contributed by atoms with van der Waals surface area (Å²) in [5, 5.41) is 23.3. The maximum Gasteiger partial charge on any atom is 0.185 e. The van der Waals surface area contributed by atoms with Crippen LogP contribution in [0.25, 0.3) is 17.0 Å². The predicted molar refractivity (Wildman–Crippen MR) is 103 cm³/mol. The first-order chi connectivity index (χ1) is 13.3. The van der Waals surface area contributed by atoms with Crippen molar-refractivity contribution >= 4 is 11.5 Å². The summed E-state index contributed by atoms with van der Waals surface area (Å²) in [6.07, 6.45) is 0.806. The molecule has 0 bridgehead atoms. The molecule has 0 spiro atoms. The van der Waals surface area contributed by atoms with Gasteiger partial charge >= 0.3 is 0 Å². The second-order valence-corrected chi connectivity index (χ2v) is 6.79. The van der Waals surface area contributed by atoms with Crippen LogP contribution < -0.4 is 4.90 Å². The van der Waals surface area contributed by atoms with Crippen LogP contribution in [0.1, 0.15) is 11.1 Å². The molecule has 2 aromatic carbocycles. The minimum absolute atomic E-state index is 0.00139. The number of benzene rings is 2. The van der Waals surface area contributed by atoms with E-state index in [2.05, 4.69) is 39.4 Å². The number of hydrogen-bond acceptors (Lipinski definition) is 5. The first-order valence-corrected chi connectivity index (χ1v) is 9.05. The van der Waals surface area contributed by atoms with Crippen molar-refractivity contribution in [2.24, 2.45) is 0 Å². The van der Waals surface area contributed by atoms with Crippen molar-refractivity contribution in [1.29, 1.82) is 0 Å². The number of rotatable bonds is 3. The molecule has 1 aliphatic rings. The van der Waals surface area contributed by atoms with Gasteiger partial charge in [0.1, 0.15) is 5.82 Å². The average molecular weight is 357 g/mol. The number of aliphatic hydroxyl groups is 1. The fraction of sp³-hybridized carbons (Fsp3) is 0.190. The van der Waals surface area contributed by atoms with Crippen LogP contribution in [0, 0.1) is 0 Å². The van der Waals surface area contributed by atoms with Gasteiger partial charge in [-0.25, -0.2) is 0 Å². The van der Waals surface area contributed by atoms with E-state index in [0.29, 0.717) is 11.5 Å². The first-order valence-electron chi connectivity index (χ1n) is 9.05. The molecule has 1 N–H and O–H groups in total. The highest BCUT2D eigenvalue weighted by molar-refractivity contribution is 5.60. The Kier molecular flexibility index (Phi) is 3.83. The predicted octanol–water partition coefficient (Wildman–Crippen LogP) is 2.71. The fourth-order valence-corrected chi connectivity index (χ4v) is 3.72. The summed E-state index contributed by atoms with van der Waals surface area (Å²) in [7, 11) is 0. The van der Waals surface area contributed by atoms with Gasteiger partial charge in [-0.3, -0.25) is 0 Å². The molecule has 0 saturated heterocycles. The molecule has 5 rings (SSSR count). The molecule has 4 aromatic rings. The number of anilines is 1. The number of nitrogens with zero attached hydrogens (tertiary/aromatic N) is 5. The Morgan fingerprint density at radius 3 is 2.48 bits per heavy atom. The van der Waals surface area contributed by atoms with Crippen LogP contribution in [0.5, 0.6) is 0 Å². The van der Waals surface area contributed by atoms with Gasteiger partial charge < -0.3 is 10.0 Å². The van der Waals surface area contributed by atoms with Crippen LogP contribution >= 0.6 is 0 Å². The van der Waals surface area contributed by atoms with Gasteiger partial charge in [0.2, 0.25) is 0 Å². The van der Waals surface area contributed by atoms with Crippen LogP contribution in [0.2, 0.25) is 0 Å². The zero-order chi connectivity index (χ0) is 18.2. The second kappa shape index (κ2) is 6.48. The van der Waals surface area contributed by atoms with Crippen molar-refractivity contribution in [3.8, 4) is 11.4 Å². The third-order valence-electron chi connectivity index (χ3n) is 5.14. The summed E-state index contributed by atoms with van der Waals surface area (Å²) in [6.45, 7) is 0.810. The molecule has 0 radical (unpaired) electrons. The Bertz CT molecular complexity index is 1090. The largest absolute Gasteiger partial charge is 0.394 e. The third-order valence-corrected chi connectivity index (χ3v) is 5.14. The van der Waals surface area contributed by atoms with Gasteiger partial charge in [0.25, 0.3) is 0 Å². The van der Waals surface area contributed by atoms with E-state index in [1.165, 1.54) is 11.1 Å². The smallest absolute Gasteiger partial charge is 0.185 e. The lowest BCUT2D eigenvalue weighted by atomic mass is 9.94. The molecule has 6 nitrogen and oxygen atoms in total. The molecule has 6 heteroatoms. The lowest BCUT2D eigenvalue weighted by Gasteiger charge is -2.36. The molecule has 27 heavy (non-hydrogen) atoms. The van der Waals surface area contributed by atoms with Crippen LogP contribution in [0.4, 0.5) is 5.82 Å². The van der Waals surface area contributed by atoms with E-state index in [1.54, 1.807) is 4.52 Å². The molecule has 0 amide bonds. The Labute approximate surface area is 156 Å². The Hall–Kier alpha value is -3.25. The summed E-state index contributed by atoms with van der Waals surface area (Å²) in [4.78, 5) is 2.16. The highest BCUT2D eigenvalue weighted by Gasteiger charge is 2.27. The van der Waals surface area contributed by atoms with Gasteiger partial charge in [-0.2, -0.15) is 4.52 Å². The van der Waals surface area contributed by atoms with Crippen LogP contribution in [-0.2, 0) is 13.0 Å². The minimum Gasteiger partial charge on any atom is -0.394 e. The van der Waals surface area contributed by atoms with E-state index in [1.807, 2.05) is 42.5 Å². The summed E-state index contributed by atoms with van der Waals surface area (Å²) in [5.41, 5.74) is 4.24. The monoisotopic (exact) mass is 357 g/mol. The van der Waals surface area contributed by atoms with E-state index < -0.39 is 0 Å². The quantitative estimate of drug-likeness (QED) is 0.611. The molecule has 1 unspecified atom stereocenters. The standard InChI is InChI=1S/C21H19N5O/c27-14-18-12-16-8-4-5-9-17(16)13-25(18)20-11-10-19-22-23-21(26(19)24-20)15-6-2-1-3-7-15/h1-11,18,27H,12-14H2. The molecular formula is C21H19N5O. The molecule has 1 aliphatic heterocycles. The number of fused-ring (bicyclic) bond motifs is 2. The lowest BCUT2D eigenvalue weighted by molar-refractivity contribution is 0.253. The van der Waals surface area contributed by atoms with Crippen molar-refractivity contribution < 1.29 is 5.11 Å². The first kappa shape index (κ1) is 16.0. The van der Waals surface area contributed by atoms with E-state index in [-0.39, 0.29) is 12.6 Å². The summed E-state index contributed by atoms with van der Waals surface area (Å²) in [6, 6.07) is 22.2. The SMILES string of the molecule is OCC1Cc2ccccc2CN1c1ccc2nnc(-c3ccccc3)n2n1. The van der Waals surface area contributed by atoms with Crippen molar-refractivity contribution in [2.75, 3.05) is 11.5 Å². The summed E-state index contributed by atoms with van der Waals surface area (Å²) in [5.74, 6) is 1.53. The molecule has 2 aromatic heterocycles. The molecule has 134 valence electrons. The van der Waals surface area contributed by atoms with Gasteiger partial charge in [-0.1, -0.05) is 54.6 Å². The molecule has 0 aliphatic carbocycles. The Balaban J connectivity index is 1.59. The zero-order valence-electron chi connectivity index (χ0n) is 14.7. The van der Waals surface area contributed by atoms with E-state index >= 15 is 0 Å². The van der Waals surface area contributed by atoms with E-state index in [4.69, 9.17) is 5.10 Å². The Morgan fingerprint density at radius 1 is 0.889 bits per heavy atom. The second-order valence-electron chi connectivity index (χ2n) is 6.79. The van der Waals surface area contributed by atoms with Crippen LogP contribution in [0.15, 0.2) is 66.7 Å². The summed E-state index contributed by atoms with van der Waals surface area (Å²) < 4.78 is 1.78. The number of aliphatic hydroxyl groups excluding tert-OH is 1. The topological polar surface area (TPSA) is 66.5 Å². The van der Waals surface area contributed by atoms with Crippen molar-refractivity contribution in [2.45, 2.75) is 19.0 Å². The van der Waals surface area contributed by atoms with E-state index in [9.17, 15) is 5.11 Å². The van der Waals surface area contributed by atoms with Crippen molar-refractivity contribution in [3.63, 3.8) is 0 Å². The number of aromatic nitrogens is 4. The van der Waals surface area contributed by atoms with Crippen molar-refractivity contribution in [1.82, 2.24) is 19.8 Å². The normalized spacial score (nSPS) is 16.5. The molecule has 0 saturated carbocycles. The minimum atomic E-state index is 0.00139. The van der Waals surface area contributed by atoms with Gasteiger partial charge in [0, 0.05) is 12.1 Å². The maximum absolute atomic E-state index is 9.95. The third kappa shape index (κ3) is 2.74. The van der Waals surface area contributed by atoms with Gasteiger partial charge in [0.15, 0.2) is 11.5 Å². The van der Waals surface area contributed by atoms with Gasteiger partial charge in [-0.05, 0) is 29.7 Å². The van der Waals surface area contributed by atoms with Crippen molar-refractivity contribution in [3.05, 3.63) is 77.9 Å². The molecule has 0 fully saturated rings. The lowest BCUT2D eigenvalue weighted by Crippen LogP contribution is -2.43. The average Bonchev–Trinajstić information content (AvgIpc) is 3.16. The summed E-state index contributed by atoms with van der Waals surface area (Å²) >= 11 is 0. The number of hydrogen-bond donors (Lipinski definition) is 1. The molecular weight excluding hydrogens is 338 g/mol. The highest BCUT2D eigenvalue weighted by Crippen LogP contribution is 2.28. The van der Waals surface area contributed by atoms with E-state index in [0.717, 1.165) is 24.3 Å². The zero-order valence-corrected chi connectivity index (χ0v) is 14.7. The highest BCUT2D eigenvalue weighted by atomic mass is 16.3. The van der Waals surface area contributed by atoms with Crippen LogP contribution in [0.3, 0.4) is 0 Å². The molecule has 1 atom stereocenters.